The van der Waals surface area contributed by atoms with Gasteiger partial charge in [0.1, 0.15) is 11.5 Å². The summed E-state index contributed by atoms with van der Waals surface area (Å²) in [5, 5.41) is 10.6. The van der Waals surface area contributed by atoms with Crippen LogP contribution < -0.4 is 0 Å². The molecule has 1 heterocycles. The maximum Gasteiger partial charge on any atom is 0.234 e. The number of benzene rings is 1. The van der Waals surface area contributed by atoms with Gasteiger partial charge in [-0.15, -0.1) is 0 Å². The van der Waals surface area contributed by atoms with E-state index >= 15 is 0 Å². The summed E-state index contributed by atoms with van der Waals surface area (Å²) in [7, 11) is 0. The Hall–Kier alpha value is -2.10. The van der Waals surface area contributed by atoms with Crippen LogP contribution in [0.15, 0.2) is 11.6 Å². The number of ketones is 2. The minimum absolute atomic E-state index is 0.0794. The normalized spacial score (nSPS) is 24.9. The zero-order valence-corrected chi connectivity index (χ0v) is 13.7. The molecule has 23 heavy (non-hydrogen) atoms. The monoisotopic (exact) mass is 312 g/mol. The first-order valence-corrected chi connectivity index (χ1v) is 8.18. The summed E-state index contributed by atoms with van der Waals surface area (Å²) in [4.78, 5) is 25.3. The lowest BCUT2D eigenvalue weighted by Gasteiger charge is -2.35. The third kappa shape index (κ3) is 1.78. The quantitative estimate of drug-likeness (QED) is 0.748. The average molecular weight is 312 g/mol. The van der Waals surface area contributed by atoms with Gasteiger partial charge in [-0.05, 0) is 36.3 Å². The number of carbonyl (C=O) groups excluding carboxylic acids is 2. The Morgan fingerprint density at radius 2 is 2.00 bits per heavy atom. The summed E-state index contributed by atoms with van der Waals surface area (Å²) in [6.07, 6.45) is 2.61. The first kappa shape index (κ1) is 14.5. The number of carbonyl (C=O) groups is 2. The number of phenols is 1. The Morgan fingerprint density at radius 1 is 1.26 bits per heavy atom. The van der Waals surface area contributed by atoms with Gasteiger partial charge in [0.15, 0.2) is 0 Å². The van der Waals surface area contributed by atoms with Gasteiger partial charge in [-0.1, -0.05) is 20.8 Å². The van der Waals surface area contributed by atoms with E-state index in [1.54, 1.807) is 6.07 Å². The van der Waals surface area contributed by atoms with Crippen LogP contribution in [0.5, 0.6) is 5.75 Å². The smallest absolute Gasteiger partial charge is 0.234 e. The van der Waals surface area contributed by atoms with Crippen molar-refractivity contribution in [3.63, 3.8) is 0 Å². The van der Waals surface area contributed by atoms with E-state index in [9.17, 15) is 14.7 Å². The van der Waals surface area contributed by atoms with E-state index in [4.69, 9.17) is 4.74 Å². The van der Waals surface area contributed by atoms with Gasteiger partial charge >= 0.3 is 0 Å². The molecule has 0 aromatic heterocycles. The minimum atomic E-state index is -0.440. The first-order valence-electron chi connectivity index (χ1n) is 8.18. The Labute approximate surface area is 135 Å². The molecule has 120 valence electrons. The molecule has 4 heteroatoms. The van der Waals surface area contributed by atoms with E-state index in [-0.39, 0.29) is 17.1 Å². The fourth-order valence-electron chi connectivity index (χ4n) is 4.38. The van der Waals surface area contributed by atoms with Gasteiger partial charge in [-0.3, -0.25) is 9.59 Å². The molecule has 3 aliphatic rings. The van der Waals surface area contributed by atoms with Gasteiger partial charge in [-0.25, -0.2) is 0 Å². The van der Waals surface area contributed by atoms with Gasteiger partial charge in [0.2, 0.25) is 11.6 Å². The highest BCUT2D eigenvalue weighted by atomic mass is 16.5. The number of fused-ring (bicyclic) bond motifs is 4. The number of Topliss-reactive ketones (excluding diaryl/α,β-unsaturated/α-hetero) is 2. The lowest BCUT2D eigenvalue weighted by molar-refractivity contribution is -0.112. The number of rotatable bonds is 0. The van der Waals surface area contributed by atoms with E-state index in [1.807, 2.05) is 6.92 Å². The molecule has 1 aromatic rings. The Balaban J connectivity index is 2.07. The maximum atomic E-state index is 12.8. The van der Waals surface area contributed by atoms with Gasteiger partial charge in [0.05, 0.1) is 12.2 Å². The maximum absolute atomic E-state index is 12.8. The van der Waals surface area contributed by atoms with E-state index in [2.05, 4.69) is 13.8 Å². The summed E-state index contributed by atoms with van der Waals surface area (Å²) in [5.74, 6) is -0.248. The average Bonchev–Trinajstić information content (AvgIpc) is 2.85. The van der Waals surface area contributed by atoms with Crippen molar-refractivity contribution in [3.8, 4) is 5.75 Å². The lowest BCUT2D eigenvalue weighted by atomic mass is 9.68. The van der Waals surface area contributed by atoms with E-state index in [1.165, 1.54) is 0 Å². The molecule has 0 radical (unpaired) electrons. The van der Waals surface area contributed by atoms with E-state index in [0.29, 0.717) is 35.5 Å². The van der Waals surface area contributed by atoms with Crippen LogP contribution in [0.25, 0.3) is 5.76 Å². The zero-order valence-electron chi connectivity index (χ0n) is 13.7. The van der Waals surface area contributed by atoms with Gasteiger partial charge in [-0.2, -0.15) is 0 Å². The molecule has 1 N–H and O–H groups in total. The first-order chi connectivity index (χ1) is 10.8. The van der Waals surface area contributed by atoms with Crippen molar-refractivity contribution >= 4 is 17.3 Å². The molecule has 4 rings (SSSR count). The fourth-order valence-corrected chi connectivity index (χ4v) is 4.38. The number of ether oxygens (including phenoxy) is 1. The van der Waals surface area contributed by atoms with E-state index in [0.717, 1.165) is 24.0 Å². The van der Waals surface area contributed by atoms with Crippen LogP contribution in [-0.2, 0) is 21.4 Å². The second kappa shape index (κ2) is 4.47. The number of phenolic OH excluding ortho intramolecular Hbond substituents is 1. The minimum Gasteiger partial charge on any atom is -0.508 e. The molecule has 0 amide bonds. The van der Waals surface area contributed by atoms with Crippen LogP contribution in [0.2, 0.25) is 0 Å². The highest BCUT2D eigenvalue weighted by molar-refractivity contribution is 6.52. The number of hydrogen-bond acceptors (Lipinski definition) is 4. The molecule has 2 aliphatic carbocycles. The summed E-state index contributed by atoms with van der Waals surface area (Å²) >= 11 is 0. The molecule has 1 aliphatic heterocycles. The Bertz CT molecular complexity index is 798. The van der Waals surface area contributed by atoms with Crippen molar-refractivity contribution in [3.05, 3.63) is 33.9 Å². The molecular formula is C19H20O4. The van der Waals surface area contributed by atoms with Crippen LogP contribution >= 0.6 is 0 Å². The summed E-state index contributed by atoms with van der Waals surface area (Å²) in [6.45, 7) is 6.45. The summed E-state index contributed by atoms with van der Waals surface area (Å²) in [5.41, 5.74) is 2.99. The van der Waals surface area contributed by atoms with Crippen LogP contribution in [0.3, 0.4) is 0 Å². The van der Waals surface area contributed by atoms with Crippen molar-refractivity contribution < 1.29 is 19.4 Å². The Morgan fingerprint density at radius 3 is 2.74 bits per heavy atom. The fraction of sp³-hybridized carbons (Fsp3) is 0.474. The second-order valence-corrected chi connectivity index (χ2v) is 7.52. The van der Waals surface area contributed by atoms with Crippen LogP contribution in [0.1, 0.15) is 60.7 Å². The Kier molecular flexibility index (Phi) is 2.81. The van der Waals surface area contributed by atoms with Crippen molar-refractivity contribution in [1.82, 2.24) is 0 Å². The van der Waals surface area contributed by atoms with Crippen LogP contribution in [0, 0.1) is 5.92 Å². The molecule has 0 saturated heterocycles. The van der Waals surface area contributed by atoms with Crippen molar-refractivity contribution in [1.29, 1.82) is 0 Å². The SMILES string of the molecule is CC1COC2=C1C(=O)C(=O)c1c2cc(O)c2c1CCCC2(C)C. The molecular weight excluding hydrogens is 292 g/mol. The second-order valence-electron chi connectivity index (χ2n) is 7.52. The molecule has 0 fully saturated rings. The largest absolute Gasteiger partial charge is 0.508 e. The highest BCUT2D eigenvalue weighted by Crippen LogP contribution is 2.48. The molecule has 1 unspecified atom stereocenters. The zero-order chi connectivity index (χ0) is 16.5. The van der Waals surface area contributed by atoms with Crippen LogP contribution in [-0.4, -0.2) is 23.3 Å². The molecule has 0 bridgehead atoms. The number of hydrogen-bond donors (Lipinski definition) is 1. The third-order valence-electron chi connectivity index (χ3n) is 5.45. The molecule has 1 aromatic carbocycles. The predicted octanol–water partition coefficient (Wildman–Crippen LogP) is 3.15. The topological polar surface area (TPSA) is 63.6 Å². The van der Waals surface area contributed by atoms with E-state index < -0.39 is 11.6 Å². The van der Waals surface area contributed by atoms with Crippen molar-refractivity contribution in [2.45, 2.75) is 45.4 Å². The molecule has 0 spiro atoms. The molecule has 4 nitrogen and oxygen atoms in total. The van der Waals surface area contributed by atoms with Crippen LogP contribution in [0.4, 0.5) is 0 Å². The summed E-state index contributed by atoms with van der Waals surface area (Å²) < 4.78 is 5.71. The molecule has 1 atom stereocenters. The van der Waals surface area contributed by atoms with Gasteiger partial charge in [0.25, 0.3) is 0 Å². The number of aromatic hydroxyl groups is 1. The molecule has 0 saturated carbocycles. The van der Waals surface area contributed by atoms with Crippen molar-refractivity contribution in [2.24, 2.45) is 5.92 Å². The van der Waals surface area contributed by atoms with Gasteiger partial charge < -0.3 is 9.84 Å². The summed E-state index contributed by atoms with van der Waals surface area (Å²) in [6, 6.07) is 1.62. The predicted molar refractivity (Wildman–Crippen MR) is 85.4 cm³/mol. The lowest BCUT2D eigenvalue weighted by Crippen LogP contribution is -2.31. The standard InChI is InChI=1S/C19H20O4/c1-9-8-23-18-11-7-12(20)15-10(5-4-6-19(15,2)3)14(11)17(22)16(21)13(9)18/h7,9,20H,4-6,8H2,1-3H3. The van der Waals surface area contributed by atoms with Gasteiger partial charge in [0, 0.05) is 22.6 Å². The van der Waals surface area contributed by atoms with Crippen molar-refractivity contribution in [2.75, 3.05) is 6.61 Å². The highest BCUT2D eigenvalue weighted by Gasteiger charge is 2.44. The third-order valence-corrected chi connectivity index (χ3v) is 5.45.